The van der Waals surface area contributed by atoms with Crippen LogP contribution in [0, 0.1) is 17.6 Å². The first-order valence-corrected chi connectivity index (χ1v) is 6.55. The van der Waals surface area contributed by atoms with Gasteiger partial charge in [0.15, 0.2) is 11.6 Å². The highest BCUT2D eigenvalue weighted by Crippen LogP contribution is 2.15. The van der Waals surface area contributed by atoms with Gasteiger partial charge in [-0.1, -0.05) is 13.0 Å². The van der Waals surface area contributed by atoms with Gasteiger partial charge >= 0.3 is 0 Å². The molecule has 104 valence electrons. The Morgan fingerprint density at radius 2 is 2.26 bits per heavy atom. The van der Waals surface area contributed by atoms with E-state index in [-0.39, 0.29) is 11.6 Å². The Labute approximate surface area is 111 Å². The molecule has 2 atom stereocenters. The molecule has 2 N–H and O–H groups in total. The number of carbonyl (C=O) groups is 1. The van der Waals surface area contributed by atoms with E-state index in [2.05, 4.69) is 17.6 Å². The van der Waals surface area contributed by atoms with Gasteiger partial charge in [0, 0.05) is 12.6 Å². The van der Waals surface area contributed by atoms with E-state index in [4.69, 9.17) is 0 Å². The second-order valence-corrected chi connectivity index (χ2v) is 4.99. The van der Waals surface area contributed by atoms with Crippen molar-refractivity contribution >= 4 is 5.91 Å². The van der Waals surface area contributed by atoms with Crippen molar-refractivity contribution in [2.75, 3.05) is 13.1 Å². The molecule has 5 heteroatoms. The maximum atomic E-state index is 13.4. The third kappa shape index (κ3) is 3.29. The molecule has 19 heavy (non-hydrogen) atoms. The van der Waals surface area contributed by atoms with Crippen LogP contribution in [0.1, 0.15) is 30.1 Å². The molecule has 0 aliphatic carbocycles. The van der Waals surface area contributed by atoms with Crippen molar-refractivity contribution in [2.45, 2.75) is 25.8 Å². The average Bonchev–Trinajstić information content (AvgIpc) is 2.40. The number of hydrogen-bond donors (Lipinski definition) is 2. The number of piperidine rings is 1. The standard InChI is InChI=1S/C14H18F2N2O/c1-9-4-3-7-17-12(9)8-18-14(19)10-5-2-6-11(15)13(10)16/h2,5-6,9,12,17H,3-4,7-8H2,1H3,(H,18,19). The highest BCUT2D eigenvalue weighted by Gasteiger charge is 2.22. The Balaban J connectivity index is 1.95. The molecule has 0 spiro atoms. The van der Waals surface area contributed by atoms with Crippen molar-refractivity contribution in [1.82, 2.24) is 10.6 Å². The van der Waals surface area contributed by atoms with E-state index in [1.807, 2.05) is 0 Å². The molecule has 1 fully saturated rings. The summed E-state index contributed by atoms with van der Waals surface area (Å²) in [7, 11) is 0. The van der Waals surface area contributed by atoms with Crippen LogP contribution in [0.3, 0.4) is 0 Å². The molecular weight excluding hydrogens is 250 g/mol. The van der Waals surface area contributed by atoms with E-state index in [0.29, 0.717) is 12.5 Å². The molecule has 2 rings (SSSR count). The molecule has 1 aliphatic rings. The topological polar surface area (TPSA) is 41.1 Å². The van der Waals surface area contributed by atoms with E-state index in [1.54, 1.807) is 0 Å². The molecule has 3 nitrogen and oxygen atoms in total. The summed E-state index contributed by atoms with van der Waals surface area (Å²) in [4.78, 5) is 11.8. The number of rotatable bonds is 3. The molecule has 1 amide bonds. The van der Waals surface area contributed by atoms with Crippen LogP contribution >= 0.6 is 0 Å². The van der Waals surface area contributed by atoms with Gasteiger partial charge in [-0.25, -0.2) is 8.78 Å². The monoisotopic (exact) mass is 268 g/mol. The molecule has 1 aromatic carbocycles. The van der Waals surface area contributed by atoms with Gasteiger partial charge < -0.3 is 10.6 Å². The summed E-state index contributed by atoms with van der Waals surface area (Å²) >= 11 is 0. The fourth-order valence-corrected chi connectivity index (χ4v) is 2.36. The third-order valence-electron chi connectivity index (χ3n) is 3.61. The van der Waals surface area contributed by atoms with Gasteiger partial charge in [0.1, 0.15) is 0 Å². The van der Waals surface area contributed by atoms with E-state index < -0.39 is 17.5 Å². The van der Waals surface area contributed by atoms with E-state index in [0.717, 1.165) is 25.5 Å². The van der Waals surface area contributed by atoms with Crippen LogP contribution in [0.5, 0.6) is 0 Å². The summed E-state index contributed by atoms with van der Waals surface area (Å²) in [5.74, 6) is -2.20. The summed E-state index contributed by atoms with van der Waals surface area (Å²) in [6.07, 6.45) is 2.24. The Hall–Kier alpha value is -1.49. The lowest BCUT2D eigenvalue weighted by Crippen LogP contribution is -2.47. The van der Waals surface area contributed by atoms with Crippen molar-refractivity contribution in [3.63, 3.8) is 0 Å². The van der Waals surface area contributed by atoms with Crippen molar-refractivity contribution in [1.29, 1.82) is 0 Å². The fourth-order valence-electron chi connectivity index (χ4n) is 2.36. The minimum Gasteiger partial charge on any atom is -0.350 e. The Bertz CT molecular complexity index is 465. The van der Waals surface area contributed by atoms with Crippen LogP contribution in [0.15, 0.2) is 18.2 Å². The van der Waals surface area contributed by atoms with Crippen molar-refractivity contribution < 1.29 is 13.6 Å². The van der Waals surface area contributed by atoms with Crippen molar-refractivity contribution in [3.8, 4) is 0 Å². The molecule has 1 aliphatic heterocycles. The van der Waals surface area contributed by atoms with Crippen LogP contribution < -0.4 is 10.6 Å². The maximum Gasteiger partial charge on any atom is 0.254 e. The quantitative estimate of drug-likeness (QED) is 0.881. The minimum atomic E-state index is -1.09. The lowest BCUT2D eigenvalue weighted by atomic mass is 9.93. The lowest BCUT2D eigenvalue weighted by Gasteiger charge is -2.30. The number of nitrogens with one attached hydrogen (secondary N) is 2. The zero-order chi connectivity index (χ0) is 13.8. The molecule has 0 bridgehead atoms. The smallest absolute Gasteiger partial charge is 0.254 e. The largest absolute Gasteiger partial charge is 0.350 e. The second kappa shape index (κ2) is 6.10. The van der Waals surface area contributed by atoms with Crippen molar-refractivity contribution in [2.24, 2.45) is 5.92 Å². The Morgan fingerprint density at radius 1 is 1.47 bits per heavy atom. The van der Waals surface area contributed by atoms with Gasteiger partial charge in [-0.3, -0.25) is 4.79 Å². The summed E-state index contributed by atoms with van der Waals surface area (Å²) < 4.78 is 26.5. The zero-order valence-electron chi connectivity index (χ0n) is 10.9. The molecular formula is C14H18F2N2O. The van der Waals surface area contributed by atoms with E-state index >= 15 is 0 Å². The van der Waals surface area contributed by atoms with Gasteiger partial charge in [0.05, 0.1) is 5.56 Å². The third-order valence-corrected chi connectivity index (χ3v) is 3.61. The van der Waals surface area contributed by atoms with Gasteiger partial charge in [0.2, 0.25) is 0 Å². The number of carbonyl (C=O) groups excluding carboxylic acids is 1. The molecule has 0 aromatic heterocycles. The molecule has 0 radical (unpaired) electrons. The van der Waals surface area contributed by atoms with Crippen molar-refractivity contribution in [3.05, 3.63) is 35.4 Å². The summed E-state index contributed by atoms with van der Waals surface area (Å²) in [6.45, 7) is 3.47. The molecule has 1 aromatic rings. The summed E-state index contributed by atoms with van der Waals surface area (Å²) in [5.41, 5.74) is -0.247. The predicted octanol–water partition coefficient (Wildman–Crippen LogP) is 2.08. The maximum absolute atomic E-state index is 13.4. The number of amides is 1. The van der Waals surface area contributed by atoms with Crippen LogP contribution in [-0.4, -0.2) is 25.0 Å². The Morgan fingerprint density at radius 3 is 3.00 bits per heavy atom. The number of benzene rings is 1. The highest BCUT2D eigenvalue weighted by molar-refractivity contribution is 5.94. The fraction of sp³-hybridized carbons (Fsp3) is 0.500. The van der Waals surface area contributed by atoms with E-state index in [9.17, 15) is 13.6 Å². The normalized spacial score (nSPS) is 23.1. The van der Waals surface area contributed by atoms with E-state index in [1.165, 1.54) is 12.1 Å². The minimum absolute atomic E-state index is 0.189. The molecule has 2 unspecified atom stereocenters. The van der Waals surface area contributed by atoms with Gasteiger partial charge in [0.25, 0.3) is 5.91 Å². The molecule has 1 heterocycles. The summed E-state index contributed by atoms with van der Waals surface area (Å²) in [5, 5.41) is 5.98. The molecule has 1 saturated heterocycles. The lowest BCUT2D eigenvalue weighted by molar-refractivity contribution is 0.0938. The number of halogens is 2. The average molecular weight is 268 g/mol. The van der Waals surface area contributed by atoms with Crippen LogP contribution in [0.25, 0.3) is 0 Å². The zero-order valence-corrected chi connectivity index (χ0v) is 10.9. The first kappa shape index (κ1) is 13.9. The Kier molecular flexibility index (Phi) is 4.47. The second-order valence-electron chi connectivity index (χ2n) is 4.99. The van der Waals surface area contributed by atoms with Crippen LogP contribution in [0.2, 0.25) is 0 Å². The predicted molar refractivity (Wildman–Crippen MR) is 68.9 cm³/mol. The highest BCUT2D eigenvalue weighted by atomic mass is 19.2. The van der Waals surface area contributed by atoms with Gasteiger partial charge in [-0.2, -0.15) is 0 Å². The molecule has 0 saturated carbocycles. The number of hydrogen-bond acceptors (Lipinski definition) is 2. The van der Waals surface area contributed by atoms with Gasteiger partial charge in [-0.05, 0) is 37.4 Å². The van der Waals surface area contributed by atoms with Crippen LogP contribution in [0.4, 0.5) is 8.78 Å². The summed E-state index contributed by atoms with van der Waals surface area (Å²) in [6, 6.07) is 3.80. The SMILES string of the molecule is CC1CCCNC1CNC(=O)c1cccc(F)c1F. The van der Waals surface area contributed by atoms with Crippen LogP contribution in [-0.2, 0) is 0 Å². The van der Waals surface area contributed by atoms with Gasteiger partial charge in [-0.15, -0.1) is 0 Å². The first-order chi connectivity index (χ1) is 9.09. The first-order valence-electron chi connectivity index (χ1n) is 6.55.